The Kier molecular flexibility index (Phi) is 4.74. The molecule has 0 atom stereocenters. The predicted molar refractivity (Wildman–Crippen MR) is 73.5 cm³/mol. The Morgan fingerprint density at radius 1 is 1.53 bits per heavy atom. The van der Waals surface area contributed by atoms with Gasteiger partial charge in [-0.3, -0.25) is 4.79 Å². The second-order valence-corrected chi connectivity index (χ2v) is 5.61. The molecule has 0 aliphatic carbocycles. The van der Waals surface area contributed by atoms with E-state index in [1.807, 2.05) is 6.07 Å². The van der Waals surface area contributed by atoms with Crippen LogP contribution in [0, 0.1) is 0 Å². The number of rotatable bonds is 4. The molecule has 0 unspecified atom stereocenters. The van der Waals surface area contributed by atoms with Crippen LogP contribution in [0.4, 0.5) is 13.8 Å². The van der Waals surface area contributed by atoms with Crippen LogP contribution in [0.5, 0.6) is 0 Å². The SMILES string of the molecule is CCN1CCCCc2cc(C(=O)NCC(F)F)sc21. The number of aryl methyl sites for hydroxylation is 1. The Hall–Kier alpha value is -1.17. The Balaban J connectivity index is 2.14. The van der Waals surface area contributed by atoms with E-state index in [2.05, 4.69) is 17.1 Å². The van der Waals surface area contributed by atoms with Crippen molar-refractivity contribution in [1.82, 2.24) is 5.32 Å². The average molecular weight is 288 g/mol. The van der Waals surface area contributed by atoms with Gasteiger partial charge in [0.25, 0.3) is 12.3 Å². The lowest BCUT2D eigenvalue weighted by Crippen LogP contribution is -2.27. The lowest BCUT2D eigenvalue weighted by atomic mass is 10.1. The molecule has 106 valence electrons. The number of nitrogens with one attached hydrogen (secondary N) is 1. The quantitative estimate of drug-likeness (QED) is 0.924. The fourth-order valence-corrected chi connectivity index (χ4v) is 3.47. The minimum Gasteiger partial charge on any atom is -0.363 e. The second-order valence-electron chi connectivity index (χ2n) is 4.58. The first-order chi connectivity index (χ1) is 9.11. The highest BCUT2D eigenvalue weighted by Gasteiger charge is 2.20. The summed E-state index contributed by atoms with van der Waals surface area (Å²) in [5.41, 5.74) is 1.17. The zero-order valence-corrected chi connectivity index (χ0v) is 11.7. The molecule has 0 saturated carbocycles. The zero-order chi connectivity index (χ0) is 13.8. The van der Waals surface area contributed by atoms with E-state index in [9.17, 15) is 13.6 Å². The van der Waals surface area contributed by atoms with Gasteiger partial charge in [-0.25, -0.2) is 8.78 Å². The van der Waals surface area contributed by atoms with Crippen molar-refractivity contribution in [3.05, 3.63) is 16.5 Å². The third-order valence-electron chi connectivity index (χ3n) is 3.22. The molecule has 1 aromatic rings. The second kappa shape index (κ2) is 6.32. The molecule has 0 spiro atoms. The number of nitrogens with zero attached hydrogens (tertiary/aromatic N) is 1. The van der Waals surface area contributed by atoms with Gasteiger partial charge in [0.2, 0.25) is 0 Å². The maximum atomic E-state index is 12.1. The number of hydrogen-bond donors (Lipinski definition) is 1. The largest absolute Gasteiger partial charge is 0.363 e. The highest BCUT2D eigenvalue weighted by molar-refractivity contribution is 7.18. The Labute approximate surface area is 115 Å². The molecular weight excluding hydrogens is 270 g/mol. The summed E-state index contributed by atoms with van der Waals surface area (Å²) in [5, 5.41) is 3.39. The first-order valence-corrected chi connectivity index (χ1v) is 7.37. The van der Waals surface area contributed by atoms with Gasteiger partial charge in [-0.15, -0.1) is 11.3 Å². The van der Waals surface area contributed by atoms with Crippen molar-refractivity contribution in [2.75, 3.05) is 24.5 Å². The van der Waals surface area contributed by atoms with Gasteiger partial charge in [0.05, 0.1) is 16.4 Å². The van der Waals surface area contributed by atoms with Crippen LogP contribution in [0.3, 0.4) is 0 Å². The lowest BCUT2D eigenvalue weighted by molar-refractivity contribution is 0.0895. The van der Waals surface area contributed by atoms with Crippen molar-refractivity contribution in [3.63, 3.8) is 0 Å². The molecule has 0 saturated heterocycles. The number of halogens is 2. The van der Waals surface area contributed by atoms with Crippen LogP contribution in [0.1, 0.15) is 35.0 Å². The van der Waals surface area contributed by atoms with E-state index in [0.29, 0.717) is 4.88 Å². The lowest BCUT2D eigenvalue weighted by Gasteiger charge is -2.19. The molecule has 0 bridgehead atoms. The van der Waals surface area contributed by atoms with Gasteiger partial charge >= 0.3 is 0 Å². The summed E-state index contributed by atoms with van der Waals surface area (Å²) in [7, 11) is 0. The highest BCUT2D eigenvalue weighted by Crippen LogP contribution is 2.35. The molecule has 6 heteroatoms. The van der Waals surface area contributed by atoms with Gasteiger partial charge in [0.15, 0.2) is 0 Å². The molecule has 3 nitrogen and oxygen atoms in total. The van der Waals surface area contributed by atoms with E-state index in [0.717, 1.165) is 37.4 Å². The number of thiophene rings is 1. The summed E-state index contributed by atoms with van der Waals surface area (Å²) in [6, 6.07) is 1.86. The summed E-state index contributed by atoms with van der Waals surface area (Å²) in [6.45, 7) is 3.41. The fourth-order valence-electron chi connectivity index (χ4n) is 2.26. The Bertz CT molecular complexity index is 448. The van der Waals surface area contributed by atoms with Crippen molar-refractivity contribution in [2.24, 2.45) is 0 Å². The average Bonchev–Trinajstić information content (AvgIpc) is 2.71. The summed E-state index contributed by atoms with van der Waals surface area (Å²) in [4.78, 5) is 14.6. The van der Waals surface area contributed by atoms with Crippen molar-refractivity contribution >= 4 is 22.2 Å². The molecule has 0 fully saturated rings. The number of carbonyl (C=O) groups is 1. The number of anilines is 1. The Morgan fingerprint density at radius 2 is 2.32 bits per heavy atom. The predicted octanol–water partition coefficient (Wildman–Crippen LogP) is 2.91. The van der Waals surface area contributed by atoms with E-state index in [1.54, 1.807) is 0 Å². The molecule has 1 aromatic heterocycles. The monoisotopic (exact) mass is 288 g/mol. The molecule has 0 radical (unpaired) electrons. The van der Waals surface area contributed by atoms with E-state index in [1.165, 1.54) is 16.9 Å². The van der Waals surface area contributed by atoms with Gasteiger partial charge in [-0.05, 0) is 37.8 Å². The minimum atomic E-state index is -2.51. The van der Waals surface area contributed by atoms with E-state index < -0.39 is 18.9 Å². The molecular formula is C13H18F2N2OS. The topological polar surface area (TPSA) is 32.3 Å². The van der Waals surface area contributed by atoms with Crippen molar-refractivity contribution in [1.29, 1.82) is 0 Å². The molecule has 2 heterocycles. The van der Waals surface area contributed by atoms with Gasteiger partial charge in [0, 0.05) is 13.1 Å². The molecule has 1 amide bonds. The first kappa shape index (κ1) is 14.2. The molecule has 1 N–H and O–H groups in total. The third kappa shape index (κ3) is 3.43. The van der Waals surface area contributed by atoms with Crippen LogP contribution in [0.2, 0.25) is 0 Å². The number of hydrogen-bond acceptors (Lipinski definition) is 3. The van der Waals surface area contributed by atoms with Crippen LogP contribution >= 0.6 is 11.3 Å². The fraction of sp³-hybridized carbons (Fsp3) is 0.615. The minimum absolute atomic E-state index is 0.394. The van der Waals surface area contributed by atoms with E-state index in [-0.39, 0.29) is 0 Å². The summed E-state index contributed by atoms with van der Waals surface area (Å²) in [6.07, 6.45) is 0.721. The Morgan fingerprint density at radius 3 is 3.00 bits per heavy atom. The van der Waals surface area contributed by atoms with Crippen molar-refractivity contribution in [3.8, 4) is 0 Å². The standard InChI is InChI=1S/C13H18F2N2OS/c1-2-17-6-4-3-5-9-7-10(19-13(9)17)12(18)16-8-11(14)15/h7,11H,2-6,8H2,1H3,(H,16,18). The van der Waals surface area contributed by atoms with Crippen molar-refractivity contribution in [2.45, 2.75) is 32.6 Å². The van der Waals surface area contributed by atoms with Gasteiger partial charge in [-0.2, -0.15) is 0 Å². The van der Waals surface area contributed by atoms with Crippen molar-refractivity contribution < 1.29 is 13.6 Å². The van der Waals surface area contributed by atoms with Gasteiger partial charge in [-0.1, -0.05) is 0 Å². The summed E-state index contributed by atoms with van der Waals surface area (Å²) >= 11 is 1.41. The van der Waals surface area contributed by atoms with E-state index >= 15 is 0 Å². The number of amides is 1. The molecule has 19 heavy (non-hydrogen) atoms. The van der Waals surface area contributed by atoms with Crippen LogP contribution in [-0.4, -0.2) is 32.0 Å². The summed E-state index contributed by atoms with van der Waals surface area (Å²) < 4.78 is 24.2. The molecule has 1 aliphatic rings. The van der Waals surface area contributed by atoms with E-state index in [4.69, 9.17) is 0 Å². The van der Waals surface area contributed by atoms with Crippen LogP contribution in [0.15, 0.2) is 6.07 Å². The van der Waals surface area contributed by atoms with Crippen LogP contribution in [0.25, 0.3) is 0 Å². The normalized spacial score (nSPS) is 15.3. The molecule has 0 aromatic carbocycles. The zero-order valence-electron chi connectivity index (χ0n) is 10.9. The first-order valence-electron chi connectivity index (χ1n) is 6.55. The molecule has 2 rings (SSSR count). The number of fused-ring (bicyclic) bond motifs is 1. The van der Waals surface area contributed by atoms with Gasteiger partial charge in [0.1, 0.15) is 0 Å². The van der Waals surface area contributed by atoms with Crippen LogP contribution in [-0.2, 0) is 6.42 Å². The number of alkyl halides is 2. The smallest absolute Gasteiger partial charge is 0.261 e. The number of carbonyl (C=O) groups excluding carboxylic acids is 1. The maximum Gasteiger partial charge on any atom is 0.261 e. The van der Waals surface area contributed by atoms with Crippen LogP contribution < -0.4 is 10.2 Å². The highest BCUT2D eigenvalue weighted by atomic mass is 32.1. The molecule has 1 aliphatic heterocycles. The maximum absolute atomic E-state index is 12.1. The van der Waals surface area contributed by atoms with Gasteiger partial charge < -0.3 is 10.2 Å². The summed E-state index contributed by atoms with van der Waals surface area (Å²) in [5.74, 6) is -0.394. The third-order valence-corrected chi connectivity index (χ3v) is 4.46.